The summed E-state index contributed by atoms with van der Waals surface area (Å²) in [4.78, 5) is 32.0. The van der Waals surface area contributed by atoms with Crippen LogP contribution < -0.4 is 15.4 Å². The zero-order chi connectivity index (χ0) is 28.6. The predicted octanol–water partition coefficient (Wildman–Crippen LogP) is 2.38. The van der Waals surface area contributed by atoms with Gasteiger partial charge in [-0.2, -0.15) is 5.26 Å². The van der Waals surface area contributed by atoms with Gasteiger partial charge in [0.05, 0.1) is 29.9 Å². The standard InChI is InChI=1S/C28H35BN4O6/c1-18(2)12-25(29(36)37)32-27(35)28(14-20-8-6-5-7-9-20)15-23(33-39-28)17-31-26(34)21-10-11-24(38-19(3)4)22(13-21)16-30/h5-11,13,18-19,25,36-37H,12,14-15,17H2,1-4H3,(H,31,34)(H,32,35)/t25-,28?/m0/s1. The van der Waals surface area contributed by atoms with Crippen LogP contribution in [0.15, 0.2) is 53.7 Å². The molecule has 1 aliphatic heterocycles. The molecule has 0 aliphatic carbocycles. The number of hydrogen-bond acceptors (Lipinski definition) is 8. The van der Waals surface area contributed by atoms with E-state index in [1.165, 1.54) is 6.07 Å². The molecule has 2 aromatic rings. The van der Waals surface area contributed by atoms with Gasteiger partial charge in [0.25, 0.3) is 11.8 Å². The van der Waals surface area contributed by atoms with Crippen LogP contribution in [-0.2, 0) is 16.1 Å². The molecular formula is C28H35BN4O6. The second-order valence-electron chi connectivity index (χ2n) is 10.4. The highest BCUT2D eigenvalue weighted by atomic mass is 16.7. The molecule has 1 unspecified atom stereocenters. The van der Waals surface area contributed by atoms with Crippen LogP contribution in [0.5, 0.6) is 5.75 Å². The van der Waals surface area contributed by atoms with Crippen molar-refractivity contribution >= 4 is 24.6 Å². The molecule has 4 N–H and O–H groups in total. The normalized spacial score (nSPS) is 17.2. The predicted molar refractivity (Wildman–Crippen MR) is 147 cm³/mol. The number of nitrogens with one attached hydrogen (secondary N) is 2. The fraction of sp³-hybridized carbons (Fsp3) is 0.429. The third-order valence-electron chi connectivity index (χ3n) is 6.17. The largest absolute Gasteiger partial charge is 0.490 e. The number of amides is 2. The Morgan fingerprint density at radius 3 is 2.51 bits per heavy atom. The summed E-state index contributed by atoms with van der Waals surface area (Å²) in [5, 5.41) is 38.7. The van der Waals surface area contributed by atoms with Gasteiger partial charge in [0.1, 0.15) is 11.8 Å². The van der Waals surface area contributed by atoms with E-state index in [0.717, 1.165) is 5.56 Å². The van der Waals surface area contributed by atoms with Gasteiger partial charge in [0, 0.05) is 18.4 Å². The van der Waals surface area contributed by atoms with E-state index in [0.29, 0.717) is 17.9 Å². The van der Waals surface area contributed by atoms with E-state index >= 15 is 0 Å². The Balaban J connectivity index is 1.72. The quantitative estimate of drug-likeness (QED) is 0.305. The van der Waals surface area contributed by atoms with Crippen LogP contribution in [0.4, 0.5) is 0 Å². The van der Waals surface area contributed by atoms with Gasteiger partial charge in [0.15, 0.2) is 0 Å². The molecule has 2 atom stereocenters. The van der Waals surface area contributed by atoms with Gasteiger partial charge < -0.3 is 30.3 Å². The Kier molecular flexibility index (Phi) is 10.1. The summed E-state index contributed by atoms with van der Waals surface area (Å²) in [6, 6.07) is 16.0. The highest BCUT2D eigenvalue weighted by Gasteiger charge is 2.48. The summed E-state index contributed by atoms with van der Waals surface area (Å²) in [5.74, 6) is -1.31. The number of carbonyl (C=O) groups excluding carboxylic acids is 2. The summed E-state index contributed by atoms with van der Waals surface area (Å²) in [5.41, 5.74) is 0.392. The number of ether oxygens (including phenoxy) is 1. The van der Waals surface area contributed by atoms with E-state index in [-0.39, 0.29) is 42.5 Å². The van der Waals surface area contributed by atoms with Crippen LogP contribution in [0, 0.1) is 17.2 Å². The number of hydrogen-bond donors (Lipinski definition) is 4. The first-order valence-electron chi connectivity index (χ1n) is 13.0. The fourth-order valence-electron chi connectivity index (χ4n) is 4.33. The molecule has 206 valence electrons. The third kappa shape index (κ3) is 8.05. The molecule has 2 amide bonds. The van der Waals surface area contributed by atoms with Crippen molar-refractivity contribution in [3.63, 3.8) is 0 Å². The number of nitrogens with zero attached hydrogens (tertiary/aromatic N) is 2. The fourth-order valence-corrected chi connectivity index (χ4v) is 4.33. The second-order valence-corrected chi connectivity index (χ2v) is 10.4. The molecule has 1 heterocycles. The van der Waals surface area contributed by atoms with Gasteiger partial charge in [-0.15, -0.1) is 0 Å². The van der Waals surface area contributed by atoms with Crippen LogP contribution in [0.2, 0.25) is 0 Å². The van der Waals surface area contributed by atoms with Gasteiger partial charge in [0.2, 0.25) is 5.60 Å². The van der Waals surface area contributed by atoms with Gasteiger partial charge in [-0.25, -0.2) is 0 Å². The molecule has 39 heavy (non-hydrogen) atoms. The molecule has 0 bridgehead atoms. The lowest BCUT2D eigenvalue weighted by Crippen LogP contribution is -2.56. The molecule has 0 saturated carbocycles. The Bertz CT molecular complexity index is 1230. The maximum absolute atomic E-state index is 13.5. The molecule has 3 rings (SSSR count). The van der Waals surface area contributed by atoms with Gasteiger partial charge in [-0.05, 0) is 49.9 Å². The van der Waals surface area contributed by atoms with Crippen molar-refractivity contribution in [2.75, 3.05) is 6.54 Å². The molecular weight excluding hydrogens is 499 g/mol. The van der Waals surface area contributed by atoms with Crippen molar-refractivity contribution < 1.29 is 29.2 Å². The zero-order valence-electron chi connectivity index (χ0n) is 22.7. The lowest BCUT2D eigenvalue weighted by atomic mass is 9.74. The molecule has 1 aliphatic rings. The molecule has 2 aromatic carbocycles. The summed E-state index contributed by atoms with van der Waals surface area (Å²) in [7, 11) is -1.73. The van der Waals surface area contributed by atoms with E-state index in [1.54, 1.807) is 12.1 Å². The maximum Gasteiger partial charge on any atom is 0.475 e. The van der Waals surface area contributed by atoms with E-state index < -0.39 is 30.5 Å². The molecule has 0 radical (unpaired) electrons. The zero-order valence-corrected chi connectivity index (χ0v) is 22.7. The van der Waals surface area contributed by atoms with Crippen molar-refractivity contribution in [1.82, 2.24) is 10.6 Å². The van der Waals surface area contributed by atoms with E-state index in [9.17, 15) is 24.9 Å². The van der Waals surface area contributed by atoms with Crippen molar-refractivity contribution in [2.45, 2.75) is 64.6 Å². The molecule has 10 nitrogen and oxygen atoms in total. The van der Waals surface area contributed by atoms with Gasteiger partial charge in [-0.3, -0.25) is 9.59 Å². The smallest absolute Gasteiger partial charge is 0.475 e. The highest BCUT2D eigenvalue weighted by Crippen LogP contribution is 2.29. The van der Waals surface area contributed by atoms with E-state index in [2.05, 4.69) is 15.8 Å². The number of benzene rings is 2. The Morgan fingerprint density at radius 1 is 1.18 bits per heavy atom. The number of oxime groups is 1. The van der Waals surface area contributed by atoms with Crippen LogP contribution in [0.3, 0.4) is 0 Å². The van der Waals surface area contributed by atoms with Crippen LogP contribution >= 0.6 is 0 Å². The van der Waals surface area contributed by atoms with Crippen LogP contribution in [0.1, 0.15) is 62.0 Å². The summed E-state index contributed by atoms with van der Waals surface area (Å²) in [6.07, 6.45) is 0.528. The van der Waals surface area contributed by atoms with Crippen molar-refractivity contribution in [3.05, 3.63) is 65.2 Å². The molecule has 11 heteroatoms. The maximum atomic E-state index is 13.5. The Hall–Kier alpha value is -3.88. The Morgan fingerprint density at radius 2 is 1.90 bits per heavy atom. The molecule has 0 fully saturated rings. The topological polar surface area (TPSA) is 153 Å². The summed E-state index contributed by atoms with van der Waals surface area (Å²) in [6.45, 7) is 7.55. The van der Waals surface area contributed by atoms with E-state index in [4.69, 9.17) is 9.57 Å². The molecule has 0 spiro atoms. The second kappa shape index (κ2) is 13.3. The SMILES string of the molecule is CC(C)C[C@H](NC(=O)C1(Cc2ccccc2)CC(CNC(=O)c2ccc(OC(C)C)c(C#N)c2)=NO1)B(O)O. The first-order valence-corrected chi connectivity index (χ1v) is 13.0. The monoisotopic (exact) mass is 534 g/mol. The number of carbonyl (C=O) groups is 2. The highest BCUT2D eigenvalue weighted by molar-refractivity contribution is 6.43. The first kappa shape index (κ1) is 29.7. The average molecular weight is 534 g/mol. The van der Waals surface area contributed by atoms with Gasteiger partial charge in [-0.1, -0.05) is 49.3 Å². The average Bonchev–Trinajstić information content (AvgIpc) is 3.31. The van der Waals surface area contributed by atoms with Gasteiger partial charge >= 0.3 is 7.12 Å². The van der Waals surface area contributed by atoms with Crippen molar-refractivity contribution in [3.8, 4) is 11.8 Å². The minimum Gasteiger partial charge on any atom is -0.490 e. The minimum absolute atomic E-state index is 0.0207. The van der Waals surface area contributed by atoms with E-state index in [1.807, 2.05) is 64.1 Å². The van der Waals surface area contributed by atoms with Crippen LogP contribution in [-0.4, -0.2) is 58.9 Å². The van der Waals surface area contributed by atoms with Crippen molar-refractivity contribution in [1.29, 1.82) is 5.26 Å². The van der Waals surface area contributed by atoms with Crippen molar-refractivity contribution in [2.24, 2.45) is 11.1 Å². The molecule has 0 saturated heterocycles. The lowest BCUT2D eigenvalue weighted by molar-refractivity contribution is -0.144. The Labute approximate surface area is 229 Å². The summed E-state index contributed by atoms with van der Waals surface area (Å²) < 4.78 is 5.61. The number of rotatable bonds is 12. The van der Waals surface area contributed by atoms with Crippen LogP contribution in [0.25, 0.3) is 0 Å². The first-order chi connectivity index (χ1) is 18.5. The third-order valence-corrected chi connectivity index (χ3v) is 6.17. The lowest BCUT2D eigenvalue weighted by Gasteiger charge is -2.29. The number of nitriles is 1. The minimum atomic E-state index is -1.73. The molecule has 0 aromatic heterocycles. The summed E-state index contributed by atoms with van der Waals surface area (Å²) >= 11 is 0.